The van der Waals surface area contributed by atoms with E-state index in [1.54, 1.807) is 48.5 Å². The molecular formula is C21H17N3O4. The largest absolute Gasteiger partial charge is 0.504 e. The van der Waals surface area contributed by atoms with Gasteiger partial charge in [-0.05, 0) is 60.2 Å². The third-order valence-corrected chi connectivity index (χ3v) is 3.82. The fraction of sp³-hybridized carbons (Fsp3) is 0. The lowest BCUT2D eigenvalue weighted by Gasteiger charge is -2.06. The number of hydrazone groups is 1. The smallest absolute Gasteiger partial charge is 0.271 e. The minimum Gasteiger partial charge on any atom is -0.504 e. The van der Waals surface area contributed by atoms with Gasteiger partial charge in [0.1, 0.15) is 0 Å². The van der Waals surface area contributed by atoms with E-state index in [4.69, 9.17) is 0 Å². The lowest BCUT2D eigenvalue weighted by molar-refractivity contribution is 0.0954. The average Bonchev–Trinajstić information content (AvgIpc) is 2.71. The van der Waals surface area contributed by atoms with Crippen molar-refractivity contribution in [2.75, 3.05) is 5.32 Å². The van der Waals surface area contributed by atoms with Crippen molar-refractivity contribution in [3.8, 4) is 11.5 Å². The van der Waals surface area contributed by atoms with E-state index in [1.165, 1.54) is 24.4 Å². The summed E-state index contributed by atoms with van der Waals surface area (Å²) in [4.78, 5) is 24.2. The monoisotopic (exact) mass is 375 g/mol. The summed E-state index contributed by atoms with van der Waals surface area (Å²) in [5.41, 5.74) is 4.34. The van der Waals surface area contributed by atoms with E-state index in [9.17, 15) is 19.8 Å². The molecule has 3 aromatic rings. The number of phenols is 2. The maximum atomic E-state index is 12.1. The van der Waals surface area contributed by atoms with E-state index in [0.29, 0.717) is 22.4 Å². The third-order valence-electron chi connectivity index (χ3n) is 3.82. The van der Waals surface area contributed by atoms with Gasteiger partial charge in [0, 0.05) is 16.8 Å². The van der Waals surface area contributed by atoms with Crippen molar-refractivity contribution in [1.29, 1.82) is 0 Å². The first kappa shape index (κ1) is 18.7. The first-order valence-corrected chi connectivity index (χ1v) is 8.35. The van der Waals surface area contributed by atoms with Gasteiger partial charge in [-0.1, -0.05) is 18.2 Å². The van der Waals surface area contributed by atoms with Crippen LogP contribution in [0.25, 0.3) is 0 Å². The zero-order valence-electron chi connectivity index (χ0n) is 14.7. The Hall–Kier alpha value is -4.13. The summed E-state index contributed by atoms with van der Waals surface area (Å²) < 4.78 is 0. The van der Waals surface area contributed by atoms with E-state index >= 15 is 0 Å². The first-order chi connectivity index (χ1) is 13.5. The van der Waals surface area contributed by atoms with Crippen LogP contribution in [0.3, 0.4) is 0 Å². The number of nitrogens with zero attached hydrogens (tertiary/aromatic N) is 1. The van der Waals surface area contributed by atoms with Crippen molar-refractivity contribution in [2.24, 2.45) is 5.10 Å². The minimum atomic E-state index is -0.430. The number of nitrogens with one attached hydrogen (secondary N) is 2. The lowest BCUT2D eigenvalue weighted by atomic mass is 10.1. The summed E-state index contributed by atoms with van der Waals surface area (Å²) in [6, 6.07) is 19.4. The number of amides is 2. The number of hydrogen-bond donors (Lipinski definition) is 4. The molecule has 0 aliphatic carbocycles. The number of carbonyl (C=O) groups is 2. The van der Waals surface area contributed by atoms with Gasteiger partial charge in [-0.25, -0.2) is 5.43 Å². The molecule has 7 nitrogen and oxygen atoms in total. The Labute approximate surface area is 161 Å². The molecule has 0 unspecified atom stereocenters. The van der Waals surface area contributed by atoms with Crippen molar-refractivity contribution in [1.82, 2.24) is 5.43 Å². The summed E-state index contributed by atoms with van der Waals surface area (Å²) in [6.45, 7) is 0. The highest BCUT2D eigenvalue weighted by atomic mass is 16.3. The number of aromatic hydroxyl groups is 2. The van der Waals surface area contributed by atoms with Gasteiger partial charge in [-0.3, -0.25) is 9.59 Å². The molecule has 0 saturated heterocycles. The van der Waals surface area contributed by atoms with E-state index in [2.05, 4.69) is 15.8 Å². The number of benzene rings is 3. The van der Waals surface area contributed by atoms with Gasteiger partial charge in [-0.15, -0.1) is 0 Å². The SMILES string of the molecule is O=C(NN=Cc1ccc(O)c(O)c1)c1ccc(NC(=O)c2ccccc2)cc1. The van der Waals surface area contributed by atoms with E-state index in [1.807, 2.05) is 6.07 Å². The second-order valence-corrected chi connectivity index (χ2v) is 5.84. The van der Waals surface area contributed by atoms with Gasteiger partial charge in [-0.2, -0.15) is 5.10 Å². The predicted octanol–water partition coefficient (Wildman–Crippen LogP) is 3.11. The minimum absolute atomic E-state index is 0.236. The summed E-state index contributed by atoms with van der Waals surface area (Å²) in [5, 5.41) is 25.2. The van der Waals surface area contributed by atoms with Crippen LogP contribution < -0.4 is 10.7 Å². The van der Waals surface area contributed by atoms with Gasteiger partial charge in [0.15, 0.2) is 11.5 Å². The van der Waals surface area contributed by atoms with E-state index in [0.717, 1.165) is 0 Å². The Kier molecular flexibility index (Phi) is 5.66. The molecule has 0 saturated carbocycles. The number of rotatable bonds is 5. The Morgan fingerprint density at radius 2 is 1.46 bits per heavy atom. The molecule has 0 spiro atoms. The second-order valence-electron chi connectivity index (χ2n) is 5.84. The van der Waals surface area contributed by atoms with E-state index < -0.39 is 5.91 Å². The number of hydrogen-bond acceptors (Lipinski definition) is 5. The van der Waals surface area contributed by atoms with Crippen LogP contribution in [0.5, 0.6) is 11.5 Å². The molecule has 0 heterocycles. The Morgan fingerprint density at radius 1 is 0.786 bits per heavy atom. The van der Waals surface area contributed by atoms with Gasteiger partial charge in [0.05, 0.1) is 6.21 Å². The molecule has 7 heteroatoms. The van der Waals surface area contributed by atoms with E-state index in [-0.39, 0.29) is 17.4 Å². The van der Waals surface area contributed by atoms with Gasteiger partial charge in [0.25, 0.3) is 11.8 Å². The Bertz CT molecular complexity index is 1020. The molecule has 140 valence electrons. The van der Waals surface area contributed by atoms with Gasteiger partial charge in [0.2, 0.25) is 0 Å². The van der Waals surface area contributed by atoms with Crippen molar-refractivity contribution in [2.45, 2.75) is 0 Å². The molecule has 0 aliphatic heterocycles. The molecule has 0 bridgehead atoms. The molecule has 0 aromatic heterocycles. The molecule has 3 rings (SSSR count). The van der Waals surface area contributed by atoms with Crippen molar-refractivity contribution in [3.05, 3.63) is 89.5 Å². The molecule has 0 aliphatic rings. The van der Waals surface area contributed by atoms with Crippen LogP contribution >= 0.6 is 0 Å². The van der Waals surface area contributed by atoms with Crippen LogP contribution in [-0.2, 0) is 0 Å². The Balaban J connectivity index is 1.58. The normalized spacial score (nSPS) is 10.6. The summed E-state index contributed by atoms with van der Waals surface area (Å²) in [5.74, 6) is -1.18. The maximum absolute atomic E-state index is 12.1. The highest BCUT2D eigenvalue weighted by Gasteiger charge is 2.07. The van der Waals surface area contributed by atoms with Gasteiger partial charge >= 0.3 is 0 Å². The summed E-state index contributed by atoms with van der Waals surface area (Å²) in [6.07, 6.45) is 1.34. The molecule has 2 amide bonds. The molecular weight excluding hydrogens is 358 g/mol. The fourth-order valence-corrected chi connectivity index (χ4v) is 2.35. The topological polar surface area (TPSA) is 111 Å². The zero-order valence-corrected chi connectivity index (χ0v) is 14.7. The average molecular weight is 375 g/mol. The molecule has 4 N–H and O–H groups in total. The first-order valence-electron chi connectivity index (χ1n) is 8.35. The van der Waals surface area contributed by atoms with Crippen LogP contribution in [0, 0.1) is 0 Å². The molecule has 0 radical (unpaired) electrons. The highest BCUT2D eigenvalue weighted by Crippen LogP contribution is 2.23. The third kappa shape index (κ3) is 4.73. The standard InChI is InChI=1S/C21H17N3O4/c25-18-11-6-14(12-19(18)26)13-22-24-21(28)16-7-9-17(10-8-16)23-20(27)15-4-2-1-3-5-15/h1-13,25-26H,(H,23,27)(H,24,28). The molecule has 0 atom stereocenters. The molecule has 3 aromatic carbocycles. The fourth-order valence-electron chi connectivity index (χ4n) is 2.35. The van der Waals surface area contributed by atoms with Crippen LogP contribution in [0.2, 0.25) is 0 Å². The quantitative estimate of drug-likeness (QED) is 0.312. The summed E-state index contributed by atoms with van der Waals surface area (Å²) in [7, 11) is 0. The number of carbonyl (C=O) groups excluding carboxylic acids is 2. The second kappa shape index (κ2) is 8.50. The van der Waals surface area contributed by atoms with Crippen LogP contribution in [0.4, 0.5) is 5.69 Å². The van der Waals surface area contributed by atoms with Crippen molar-refractivity contribution >= 4 is 23.7 Å². The van der Waals surface area contributed by atoms with Crippen LogP contribution in [0.15, 0.2) is 77.9 Å². The number of anilines is 1. The molecule has 28 heavy (non-hydrogen) atoms. The predicted molar refractivity (Wildman–Crippen MR) is 106 cm³/mol. The van der Waals surface area contributed by atoms with Crippen molar-refractivity contribution < 1.29 is 19.8 Å². The van der Waals surface area contributed by atoms with Gasteiger partial charge < -0.3 is 15.5 Å². The summed E-state index contributed by atoms with van der Waals surface area (Å²) >= 11 is 0. The van der Waals surface area contributed by atoms with Crippen molar-refractivity contribution in [3.63, 3.8) is 0 Å². The highest BCUT2D eigenvalue weighted by molar-refractivity contribution is 6.04. The lowest BCUT2D eigenvalue weighted by Crippen LogP contribution is -2.17. The van der Waals surface area contributed by atoms with Crippen LogP contribution in [-0.4, -0.2) is 28.2 Å². The molecule has 0 fully saturated rings. The Morgan fingerprint density at radius 3 is 2.14 bits per heavy atom. The zero-order chi connectivity index (χ0) is 19.9. The maximum Gasteiger partial charge on any atom is 0.271 e. The number of phenolic OH excluding ortho intramolecular Hbond substituents is 2. The van der Waals surface area contributed by atoms with Crippen LogP contribution in [0.1, 0.15) is 26.3 Å².